The smallest absolute Gasteiger partial charge is 0.417 e. The SMILES string of the molecule is O=C(O)[C@@H]1c2sc(-c3ccccc3C(F)(F)F)cc2[C@@H]2CN1C(=O)N2OCc1ccccc1. The molecule has 0 saturated carbocycles. The van der Waals surface area contributed by atoms with E-state index in [-0.39, 0.29) is 18.7 Å². The fourth-order valence-electron chi connectivity index (χ4n) is 4.26. The highest BCUT2D eigenvalue weighted by Crippen LogP contribution is 2.50. The van der Waals surface area contributed by atoms with Gasteiger partial charge in [0.05, 0.1) is 12.1 Å². The Morgan fingerprint density at radius 1 is 1.12 bits per heavy atom. The Morgan fingerprint density at radius 3 is 2.52 bits per heavy atom. The molecule has 2 aliphatic heterocycles. The van der Waals surface area contributed by atoms with Crippen LogP contribution in [0.25, 0.3) is 10.4 Å². The fraction of sp³-hybridized carbons (Fsp3) is 0.217. The van der Waals surface area contributed by atoms with Crippen LogP contribution in [0.15, 0.2) is 60.7 Å². The lowest BCUT2D eigenvalue weighted by atomic mass is 9.97. The molecule has 2 atom stereocenters. The standard InChI is InChI=1S/C23H17F3N2O4S/c24-23(25,26)16-9-5-4-8-14(16)18-10-15-17-11-27(19(21(29)30)20(15)33-18)22(31)28(17)32-12-13-6-2-1-3-7-13/h1-10,17,19H,11-12H2,(H,29,30)/t17-,19-/m0/s1. The van der Waals surface area contributed by atoms with Crippen molar-refractivity contribution in [1.82, 2.24) is 9.96 Å². The van der Waals surface area contributed by atoms with Gasteiger partial charge >= 0.3 is 18.2 Å². The zero-order valence-corrected chi connectivity index (χ0v) is 17.8. The molecule has 170 valence electrons. The Hall–Kier alpha value is -3.37. The van der Waals surface area contributed by atoms with E-state index in [1.165, 1.54) is 23.1 Å². The minimum absolute atomic E-state index is 0.0255. The van der Waals surface area contributed by atoms with E-state index in [2.05, 4.69) is 0 Å². The first-order valence-electron chi connectivity index (χ1n) is 10.1. The molecule has 2 bridgehead atoms. The van der Waals surface area contributed by atoms with E-state index in [4.69, 9.17) is 4.84 Å². The van der Waals surface area contributed by atoms with E-state index in [0.29, 0.717) is 15.3 Å². The maximum absolute atomic E-state index is 13.6. The van der Waals surface area contributed by atoms with Gasteiger partial charge in [-0.05, 0) is 23.3 Å². The first kappa shape index (κ1) is 21.5. The van der Waals surface area contributed by atoms with Crippen molar-refractivity contribution in [1.29, 1.82) is 0 Å². The number of aliphatic carboxylic acids is 1. The molecule has 10 heteroatoms. The molecule has 0 aliphatic carbocycles. The lowest BCUT2D eigenvalue weighted by Crippen LogP contribution is -2.37. The van der Waals surface area contributed by atoms with Gasteiger partial charge in [-0.2, -0.15) is 18.2 Å². The number of halogens is 3. The predicted octanol–water partition coefficient (Wildman–Crippen LogP) is 5.48. The summed E-state index contributed by atoms with van der Waals surface area (Å²) in [6.07, 6.45) is -4.56. The van der Waals surface area contributed by atoms with Crippen LogP contribution in [0.2, 0.25) is 0 Å². The molecular formula is C23H17F3N2O4S. The molecule has 0 unspecified atom stereocenters. The minimum Gasteiger partial charge on any atom is -0.479 e. The van der Waals surface area contributed by atoms with Gasteiger partial charge in [0.15, 0.2) is 6.04 Å². The van der Waals surface area contributed by atoms with Crippen LogP contribution in [0.5, 0.6) is 0 Å². The highest BCUT2D eigenvalue weighted by Gasteiger charge is 2.52. The summed E-state index contributed by atoms with van der Waals surface area (Å²) in [5.74, 6) is -1.24. The Labute approximate surface area is 190 Å². The molecule has 2 aliphatic rings. The monoisotopic (exact) mass is 474 g/mol. The zero-order chi connectivity index (χ0) is 23.3. The molecule has 3 aromatic rings. The summed E-state index contributed by atoms with van der Waals surface area (Å²) < 4.78 is 40.7. The third-order valence-electron chi connectivity index (χ3n) is 5.74. The number of hydrogen-bond acceptors (Lipinski definition) is 4. The Morgan fingerprint density at radius 2 is 1.82 bits per heavy atom. The Balaban J connectivity index is 1.55. The van der Waals surface area contributed by atoms with Gasteiger partial charge in [0.25, 0.3) is 0 Å². The maximum atomic E-state index is 13.6. The van der Waals surface area contributed by atoms with Crippen LogP contribution in [-0.2, 0) is 22.4 Å². The average Bonchev–Trinajstić information content (AvgIpc) is 3.34. The van der Waals surface area contributed by atoms with Crippen LogP contribution in [0.4, 0.5) is 18.0 Å². The van der Waals surface area contributed by atoms with Crippen molar-refractivity contribution in [3.63, 3.8) is 0 Å². The number of fused-ring (bicyclic) bond motifs is 4. The van der Waals surface area contributed by atoms with Crippen molar-refractivity contribution in [2.75, 3.05) is 6.54 Å². The van der Waals surface area contributed by atoms with E-state index in [9.17, 15) is 27.9 Å². The number of rotatable bonds is 5. The van der Waals surface area contributed by atoms with Gasteiger partial charge in [-0.1, -0.05) is 48.5 Å². The van der Waals surface area contributed by atoms with Crippen molar-refractivity contribution in [3.05, 3.63) is 82.2 Å². The van der Waals surface area contributed by atoms with Gasteiger partial charge in [-0.3, -0.25) is 4.84 Å². The van der Waals surface area contributed by atoms with Crippen molar-refractivity contribution < 1.29 is 32.7 Å². The van der Waals surface area contributed by atoms with E-state index >= 15 is 0 Å². The summed E-state index contributed by atoms with van der Waals surface area (Å²) >= 11 is 0.964. The number of benzene rings is 2. The van der Waals surface area contributed by atoms with E-state index in [1.54, 1.807) is 6.07 Å². The zero-order valence-electron chi connectivity index (χ0n) is 17.0. The van der Waals surface area contributed by atoms with E-state index in [1.807, 2.05) is 30.3 Å². The number of amides is 2. The number of nitrogens with zero attached hydrogens (tertiary/aromatic N) is 2. The topological polar surface area (TPSA) is 70.1 Å². The molecular weight excluding hydrogens is 457 g/mol. The molecule has 1 N–H and O–H groups in total. The second-order valence-corrected chi connectivity index (χ2v) is 8.83. The van der Waals surface area contributed by atoms with Crippen LogP contribution in [-0.4, -0.2) is 33.6 Å². The quantitative estimate of drug-likeness (QED) is 0.532. The van der Waals surface area contributed by atoms with Gasteiger partial charge in [0.2, 0.25) is 0 Å². The molecule has 0 spiro atoms. The third-order valence-corrected chi connectivity index (χ3v) is 6.98. The van der Waals surface area contributed by atoms with Crippen LogP contribution < -0.4 is 0 Å². The second-order valence-electron chi connectivity index (χ2n) is 7.75. The lowest BCUT2D eigenvalue weighted by Gasteiger charge is -2.27. The third kappa shape index (κ3) is 3.65. The summed E-state index contributed by atoms with van der Waals surface area (Å²) in [4.78, 5) is 32.6. The number of carboxylic acid groups (broad SMARTS) is 1. The molecule has 3 heterocycles. The summed E-state index contributed by atoms with van der Waals surface area (Å²) in [5.41, 5.74) is 0.494. The first-order chi connectivity index (χ1) is 15.8. The highest BCUT2D eigenvalue weighted by atomic mass is 32.1. The second kappa shape index (κ2) is 7.89. The normalized spacial score (nSPS) is 19.7. The van der Waals surface area contributed by atoms with Gasteiger partial charge in [-0.15, -0.1) is 11.3 Å². The molecule has 0 radical (unpaired) electrons. The molecule has 6 nitrogen and oxygen atoms in total. The van der Waals surface area contributed by atoms with Gasteiger partial charge in [0, 0.05) is 15.3 Å². The number of carbonyl (C=O) groups excluding carboxylic acids is 1. The van der Waals surface area contributed by atoms with E-state index in [0.717, 1.165) is 28.0 Å². The number of carboxylic acids is 1. The number of thiophene rings is 1. The number of hydrogen-bond donors (Lipinski definition) is 1. The van der Waals surface area contributed by atoms with Crippen molar-refractivity contribution in [2.24, 2.45) is 0 Å². The van der Waals surface area contributed by atoms with Crippen LogP contribution in [0.1, 0.15) is 33.7 Å². The number of carbonyl (C=O) groups is 2. The largest absolute Gasteiger partial charge is 0.479 e. The average molecular weight is 474 g/mol. The summed E-state index contributed by atoms with van der Waals surface area (Å²) in [6.45, 7) is 0.173. The Bertz CT molecular complexity index is 1230. The number of hydroxylamine groups is 2. The van der Waals surface area contributed by atoms with Crippen molar-refractivity contribution in [2.45, 2.75) is 24.9 Å². The molecule has 33 heavy (non-hydrogen) atoms. The highest BCUT2D eigenvalue weighted by molar-refractivity contribution is 7.16. The van der Waals surface area contributed by atoms with Crippen molar-refractivity contribution >= 4 is 23.3 Å². The molecule has 1 fully saturated rings. The summed E-state index contributed by atoms with van der Waals surface area (Å²) in [5, 5.41) is 11.0. The summed E-state index contributed by atoms with van der Waals surface area (Å²) in [6, 6.07) is 13.4. The van der Waals surface area contributed by atoms with Gasteiger partial charge in [0.1, 0.15) is 12.6 Å². The van der Waals surface area contributed by atoms with Crippen LogP contribution >= 0.6 is 11.3 Å². The van der Waals surface area contributed by atoms with Crippen LogP contribution in [0.3, 0.4) is 0 Å². The predicted molar refractivity (Wildman–Crippen MR) is 113 cm³/mol. The first-order valence-corrected chi connectivity index (χ1v) is 10.9. The summed E-state index contributed by atoms with van der Waals surface area (Å²) in [7, 11) is 0. The Kier molecular flexibility index (Phi) is 5.13. The van der Waals surface area contributed by atoms with E-state index < -0.39 is 35.8 Å². The van der Waals surface area contributed by atoms with Crippen molar-refractivity contribution in [3.8, 4) is 10.4 Å². The van der Waals surface area contributed by atoms with Gasteiger partial charge < -0.3 is 10.0 Å². The molecule has 1 aromatic heterocycles. The maximum Gasteiger partial charge on any atom is 0.417 e. The minimum atomic E-state index is -4.56. The molecule has 1 saturated heterocycles. The molecule has 2 aromatic carbocycles. The van der Waals surface area contributed by atoms with Gasteiger partial charge in [-0.25, -0.2) is 9.59 Å². The molecule has 2 amide bonds. The molecule has 5 rings (SSSR count). The lowest BCUT2D eigenvalue weighted by molar-refractivity contribution is -0.143. The fourth-order valence-corrected chi connectivity index (χ4v) is 5.62. The number of urea groups is 1. The number of alkyl halides is 3. The van der Waals surface area contributed by atoms with Crippen LogP contribution in [0, 0.1) is 0 Å².